The van der Waals surface area contributed by atoms with Gasteiger partial charge >= 0.3 is 0 Å². The number of aromatic nitrogens is 2. The first-order valence-electron chi connectivity index (χ1n) is 6.70. The number of pyridine rings is 1. The molecule has 1 atom stereocenters. The number of nitrogens with two attached hydrogens (primary N) is 1. The number of hydrogen-bond donors (Lipinski definition) is 2. The summed E-state index contributed by atoms with van der Waals surface area (Å²) in [5.74, 6) is 0.531. The van der Waals surface area contributed by atoms with Crippen molar-refractivity contribution in [2.45, 2.75) is 25.4 Å². The minimum Gasteiger partial charge on any atom is -0.388 e. The summed E-state index contributed by atoms with van der Waals surface area (Å²) in [4.78, 5) is 6.33. The van der Waals surface area contributed by atoms with Crippen molar-refractivity contribution in [1.29, 1.82) is 0 Å². The largest absolute Gasteiger partial charge is 0.388 e. The summed E-state index contributed by atoms with van der Waals surface area (Å²) < 4.78 is 4.28. The topological polar surface area (TPSA) is 75.3 Å². The summed E-state index contributed by atoms with van der Waals surface area (Å²) in [6.07, 6.45) is 5.34. The third-order valence-electron chi connectivity index (χ3n) is 3.61. The molecule has 2 aromatic rings. The van der Waals surface area contributed by atoms with Crippen LogP contribution in [0.2, 0.25) is 0 Å². The lowest BCUT2D eigenvalue weighted by molar-refractivity contribution is 0.0451. The van der Waals surface area contributed by atoms with Crippen LogP contribution in [0, 0.1) is 0 Å². The molecule has 2 aromatic heterocycles. The molecule has 1 aliphatic heterocycles. The first-order chi connectivity index (χ1) is 9.57. The molecule has 1 aliphatic rings. The van der Waals surface area contributed by atoms with Crippen molar-refractivity contribution < 1.29 is 5.11 Å². The fourth-order valence-electron chi connectivity index (χ4n) is 2.68. The summed E-state index contributed by atoms with van der Waals surface area (Å²) in [6, 6.07) is 3.88. The lowest BCUT2D eigenvalue weighted by Gasteiger charge is -2.37. The van der Waals surface area contributed by atoms with Gasteiger partial charge in [-0.25, -0.2) is 0 Å². The highest BCUT2D eigenvalue weighted by Gasteiger charge is 2.31. The Hall–Kier alpha value is -1.66. The Morgan fingerprint density at radius 3 is 3.05 bits per heavy atom. The molecule has 0 radical (unpaired) electrons. The first-order valence-corrected chi connectivity index (χ1v) is 7.47. The standard InChI is InChI=1S/C14H18N4OS/c1-14(19)5-3-7-18(9-14)13-11(12(15)17-20-13)10-4-2-6-16-8-10/h2,4,6,8,19H,3,5,7,9H2,1H3,(H2,15,17). The highest BCUT2D eigenvalue weighted by Crippen LogP contribution is 2.40. The molecule has 0 spiro atoms. The zero-order valence-corrected chi connectivity index (χ0v) is 12.2. The van der Waals surface area contributed by atoms with Crippen LogP contribution in [0.5, 0.6) is 0 Å². The van der Waals surface area contributed by atoms with Crippen LogP contribution >= 0.6 is 11.5 Å². The van der Waals surface area contributed by atoms with E-state index in [-0.39, 0.29) is 0 Å². The van der Waals surface area contributed by atoms with Crippen molar-refractivity contribution >= 4 is 22.4 Å². The van der Waals surface area contributed by atoms with E-state index in [2.05, 4.69) is 14.3 Å². The molecule has 3 heterocycles. The van der Waals surface area contributed by atoms with Gasteiger partial charge in [0.05, 0.1) is 11.2 Å². The Bertz CT molecular complexity index is 596. The Morgan fingerprint density at radius 2 is 2.35 bits per heavy atom. The van der Waals surface area contributed by atoms with E-state index in [0.29, 0.717) is 12.4 Å². The van der Waals surface area contributed by atoms with E-state index in [1.165, 1.54) is 11.5 Å². The van der Waals surface area contributed by atoms with Gasteiger partial charge in [0.2, 0.25) is 0 Å². The Balaban J connectivity index is 1.99. The molecule has 0 bridgehead atoms. The monoisotopic (exact) mass is 290 g/mol. The minimum absolute atomic E-state index is 0.531. The van der Waals surface area contributed by atoms with E-state index >= 15 is 0 Å². The maximum Gasteiger partial charge on any atom is 0.147 e. The van der Waals surface area contributed by atoms with Gasteiger partial charge in [-0.3, -0.25) is 4.98 Å². The van der Waals surface area contributed by atoms with Gasteiger partial charge in [0.1, 0.15) is 10.8 Å². The zero-order chi connectivity index (χ0) is 14.2. The molecular weight excluding hydrogens is 272 g/mol. The summed E-state index contributed by atoms with van der Waals surface area (Å²) in [5, 5.41) is 11.3. The molecule has 0 amide bonds. The van der Waals surface area contributed by atoms with Crippen LogP contribution in [0.3, 0.4) is 0 Å². The van der Waals surface area contributed by atoms with Crippen LogP contribution in [0.25, 0.3) is 11.1 Å². The van der Waals surface area contributed by atoms with Crippen LogP contribution in [0.4, 0.5) is 10.8 Å². The molecule has 1 saturated heterocycles. The average molecular weight is 290 g/mol. The molecule has 0 saturated carbocycles. The van der Waals surface area contributed by atoms with Gasteiger partial charge in [-0.2, -0.15) is 4.37 Å². The average Bonchev–Trinajstić information content (AvgIpc) is 2.80. The maximum atomic E-state index is 10.3. The molecule has 106 valence electrons. The van der Waals surface area contributed by atoms with Gasteiger partial charge in [0, 0.05) is 31.0 Å². The highest BCUT2D eigenvalue weighted by atomic mass is 32.1. The number of rotatable bonds is 2. The van der Waals surface area contributed by atoms with Crippen LogP contribution in [-0.2, 0) is 0 Å². The van der Waals surface area contributed by atoms with Gasteiger partial charge in [-0.15, -0.1) is 0 Å². The maximum absolute atomic E-state index is 10.3. The number of nitrogens with zero attached hydrogens (tertiary/aromatic N) is 3. The lowest BCUT2D eigenvalue weighted by Crippen LogP contribution is -2.46. The SMILES string of the molecule is CC1(O)CCCN(c2snc(N)c2-c2cccnc2)C1. The summed E-state index contributed by atoms with van der Waals surface area (Å²) in [7, 11) is 0. The van der Waals surface area contributed by atoms with Crippen molar-refractivity contribution in [2.75, 3.05) is 23.7 Å². The number of nitrogen functional groups attached to an aromatic ring is 1. The molecular formula is C14H18N4OS. The summed E-state index contributed by atoms with van der Waals surface area (Å²) in [5.41, 5.74) is 7.28. The van der Waals surface area contributed by atoms with Crippen LogP contribution in [-0.4, -0.2) is 33.2 Å². The van der Waals surface area contributed by atoms with Crippen molar-refractivity contribution in [3.63, 3.8) is 0 Å². The molecule has 0 aromatic carbocycles. The van der Waals surface area contributed by atoms with E-state index in [9.17, 15) is 5.11 Å². The predicted octanol–water partition coefficient (Wildman–Crippen LogP) is 2.14. The quantitative estimate of drug-likeness (QED) is 0.886. The second-order valence-corrected chi connectivity index (χ2v) is 6.26. The van der Waals surface area contributed by atoms with E-state index in [0.717, 1.165) is 35.5 Å². The third kappa shape index (κ3) is 2.48. The normalized spacial score (nSPS) is 23.0. The van der Waals surface area contributed by atoms with Crippen molar-refractivity contribution in [3.8, 4) is 11.1 Å². The molecule has 20 heavy (non-hydrogen) atoms. The summed E-state index contributed by atoms with van der Waals surface area (Å²) >= 11 is 1.39. The van der Waals surface area contributed by atoms with E-state index in [4.69, 9.17) is 5.73 Å². The Morgan fingerprint density at radius 1 is 1.50 bits per heavy atom. The molecule has 1 unspecified atom stereocenters. The molecule has 1 fully saturated rings. The summed E-state index contributed by atoms with van der Waals surface area (Å²) in [6.45, 7) is 3.42. The van der Waals surface area contributed by atoms with Crippen molar-refractivity contribution in [3.05, 3.63) is 24.5 Å². The van der Waals surface area contributed by atoms with Crippen LogP contribution in [0.15, 0.2) is 24.5 Å². The number of aliphatic hydroxyl groups is 1. The lowest BCUT2D eigenvalue weighted by atomic mass is 9.95. The predicted molar refractivity (Wildman–Crippen MR) is 81.8 cm³/mol. The van der Waals surface area contributed by atoms with Gasteiger partial charge in [0.25, 0.3) is 0 Å². The van der Waals surface area contributed by atoms with Crippen molar-refractivity contribution in [1.82, 2.24) is 9.36 Å². The van der Waals surface area contributed by atoms with Gasteiger partial charge in [0.15, 0.2) is 0 Å². The van der Waals surface area contributed by atoms with Gasteiger partial charge < -0.3 is 15.7 Å². The van der Waals surface area contributed by atoms with E-state index in [1.807, 2.05) is 19.1 Å². The third-order valence-corrected chi connectivity index (χ3v) is 4.54. The molecule has 6 heteroatoms. The Labute approximate surface area is 122 Å². The minimum atomic E-state index is -0.650. The fraction of sp³-hybridized carbons (Fsp3) is 0.429. The number of piperidine rings is 1. The number of anilines is 2. The van der Waals surface area contributed by atoms with E-state index in [1.54, 1.807) is 12.4 Å². The fourth-order valence-corrected chi connectivity index (χ4v) is 3.55. The van der Waals surface area contributed by atoms with Gasteiger partial charge in [-0.1, -0.05) is 6.07 Å². The molecule has 3 N–H and O–H groups in total. The van der Waals surface area contributed by atoms with Crippen molar-refractivity contribution in [2.24, 2.45) is 0 Å². The Kier molecular flexibility index (Phi) is 3.35. The molecule has 5 nitrogen and oxygen atoms in total. The van der Waals surface area contributed by atoms with Gasteiger partial charge in [-0.05, 0) is 37.4 Å². The smallest absolute Gasteiger partial charge is 0.147 e. The van der Waals surface area contributed by atoms with Crippen LogP contribution < -0.4 is 10.6 Å². The zero-order valence-electron chi connectivity index (χ0n) is 11.4. The molecule has 3 rings (SSSR count). The molecule has 0 aliphatic carbocycles. The number of β-amino-alcohol motifs (C(OH)–C–C–N with tert-alkyl or cyclic N) is 1. The second kappa shape index (κ2) is 5.03. The first kappa shape index (κ1) is 13.3. The highest BCUT2D eigenvalue weighted by molar-refractivity contribution is 7.11. The second-order valence-electron chi connectivity index (χ2n) is 5.51. The van der Waals surface area contributed by atoms with Crippen LogP contribution in [0.1, 0.15) is 19.8 Å². The number of hydrogen-bond acceptors (Lipinski definition) is 6. The van der Waals surface area contributed by atoms with E-state index < -0.39 is 5.60 Å².